The smallest absolute Gasteiger partial charge is 0.261 e. The van der Waals surface area contributed by atoms with Gasteiger partial charge in [-0.15, -0.1) is 11.3 Å². The lowest BCUT2D eigenvalue weighted by Crippen LogP contribution is -2.32. The highest BCUT2D eigenvalue weighted by Crippen LogP contribution is 2.23. The second-order valence-corrected chi connectivity index (χ2v) is 7.38. The Bertz CT molecular complexity index is 976. The SMILES string of the molecule is O=C(CCCN1C(=O)c2ccccc2C1=O)NCc1nc2ccccc2s1. The number of imide groups is 1. The second-order valence-electron chi connectivity index (χ2n) is 6.26. The number of carbonyl (C=O) groups is 3. The summed E-state index contributed by atoms with van der Waals surface area (Å²) in [4.78, 5) is 42.3. The number of nitrogens with zero attached hydrogens (tertiary/aromatic N) is 2. The van der Waals surface area contributed by atoms with Crippen molar-refractivity contribution < 1.29 is 14.4 Å². The van der Waals surface area contributed by atoms with E-state index in [2.05, 4.69) is 10.3 Å². The van der Waals surface area contributed by atoms with E-state index in [9.17, 15) is 14.4 Å². The molecule has 1 N–H and O–H groups in total. The summed E-state index contributed by atoms with van der Waals surface area (Å²) in [5.74, 6) is -0.693. The van der Waals surface area contributed by atoms with Crippen molar-refractivity contribution >= 4 is 39.3 Å². The quantitative estimate of drug-likeness (QED) is 0.668. The average Bonchev–Trinajstić information content (AvgIpc) is 3.21. The summed E-state index contributed by atoms with van der Waals surface area (Å²) in [7, 11) is 0. The van der Waals surface area contributed by atoms with Crippen LogP contribution in [0.2, 0.25) is 0 Å². The normalized spacial score (nSPS) is 13.3. The molecule has 0 spiro atoms. The van der Waals surface area contributed by atoms with Crippen LogP contribution in [0, 0.1) is 0 Å². The fourth-order valence-electron chi connectivity index (χ4n) is 3.10. The van der Waals surface area contributed by atoms with Gasteiger partial charge in [0.15, 0.2) is 0 Å². The third kappa shape index (κ3) is 3.46. The maximum absolute atomic E-state index is 12.3. The van der Waals surface area contributed by atoms with Gasteiger partial charge in [-0.2, -0.15) is 0 Å². The van der Waals surface area contributed by atoms with Gasteiger partial charge < -0.3 is 5.32 Å². The Morgan fingerprint density at radius 2 is 1.67 bits per heavy atom. The number of fused-ring (bicyclic) bond motifs is 2. The van der Waals surface area contributed by atoms with Gasteiger partial charge >= 0.3 is 0 Å². The fourth-order valence-corrected chi connectivity index (χ4v) is 4.01. The molecule has 0 saturated carbocycles. The monoisotopic (exact) mass is 379 g/mol. The lowest BCUT2D eigenvalue weighted by Gasteiger charge is -2.13. The van der Waals surface area contributed by atoms with Crippen LogP contribution in [-0.2, 0) is 11.3 Å². The minimum absolute atomic E-state index is 0.120. The molecule has 0 saturated heterocycles. The van der Waals surface area contributed by atoms with Crippen LogP contribution in [0.5, 0.6) is 0 Å². The van der Waals surface area contributed by atoms with E-state index in [0.717, 1.165) is 15.2 Å². The van der Waals surface area contributed by atoms with Gasteiger partial charge in [0.1, 0.15) is 5.01 Å². The molecule has 2 aromatic carbocycles. The first-order valence-electron chi connectivity index (χ1n) is 8.70. The Hall–Kier alpha value is -3.06. The lowest BCUT2D eigenvalue weighted by molar-refractivity contribution is -0.121. The van der Waals surface area contributed by atoms with Gasteiger partial charge in [-0.3, -0.25) is 19.3 Å². The van der Waals surface area contributed by atoms with E-state index in [0.29, 0.717) is 24.1 Å². The first-order valence-corrected chi connectivity index (χ1v) is 9.51. The number of thiazole rings is 1. The number of amides is 3. The Kier molecular flexibility index (Phi) is 4.68. The standard InChI is InChI=1S/C20H17N3O3S/c24-17(21-12-18-22-15-8-3-4-9-16(15)27-18)10-5-11-23-19(25)13-6-1-2-7-14(13)20(23)26/h1-4,6-9H,5,10-12H2,(H,21,24). The molecule has 27 heavy (non-hydrogen) atoms. The number of hydrogen-bond donors (Lipinski definition) is 1. The zero-order chi connectivity index (χ0) is 18.8. The molecular weight excluding hydrogens is 362 g/mol. The number of carbonyl (C=O) groups excluding carboxylic acids is 3. The summed E-state index contributed by atoms with van der Waals surface area (Å²) < 4.78 is 1.09. The number of nitrogens with one attached hydrogen (secondary N) is 1. The van der Waals surface area contributed by atoms with Crippen LogP contribution >= 0.6 is 11.3 Å². The third-order valence-corrected chi connectivity index (χ3v) is 5.48. The van der Waals surface area contributed by atoms with Crippen molar-refractivity contribution in [3.63, 3.8) is 0 Å². The molecule has 1 aliphatic heterocycles. The first-order chi connectivity index (χ1) is 13.1. The Morgan fingerprint density at radius 3 is 2.37 bits per heavy atom. The van der Waals surface area contributed by atoms with Crippen LogP contribution in [0.1, 0.15) is 38.6 Å². The molecule has 1 aromatic heterocycles. The third-order valence-electron chi connectivity index (χ3n) is 4.44. The van der Waals surface area contributed by atoms with Gasteiger partial charge in [0.05, 0.1) is 27.9 Å². The van der Waals surface area contributed by atoms with Crippen LogP contribution < -0.4 is 5.32 Å². The molecule has 7 heteroatoms. The summed E-state index contributed by atoms with van der Waals surface area (Å²) in [5.41, 5.74) is 1.79. The summed E-state index contributed by atoms with van der Waals surface area (Å²) >= 11 is 1.55. The van der Waals surface area contributed by atoms with Crippen LogP contribution in [0.25, 0.3) is 10.2 Å². The van der Waals surface area contributed by atoms with Crippen molar-refractivity contribution in [1.29, 1.82) is 0 Å². The molecule has 6 nitrogen and oxygen atoms in total. The molecule has 0 atom stereocenters. The van der Waals surface area contributed by atoms with Crippen molar-refractivity contribution in [3.8, 4) is 0 Å². The number of aromatic nitrogens is 1. The van der Waals surface area contributed by atoms with Gasteiger partial charge in [0.2, 0.25) is 5.91 Å². The van der Waals surface area contributed by atoms with Gasteiger partial charge in [-0.25, -0.2) is 4.98 Å². The van der Waals surface area contributed by atoms with E-state index in [4.69, 9.17) is 0 Å². The second kappa shape index (κ2) is 7.28. The number of rotatable bonds is 6. The summed E-state index contributed by atoms with van der Waals surface area (Å²) in [6.07, 6.45) is 0.676. The number of hydrogen-bond acceptors (Lipinski definition) is 5. The van der Waals surface area contributed by atoms with Crippen molar-refractivity contribution in [2.75, 3.05) is 6.54 Å². The topological polar surface area (TPSA) is 79.4 Å². The van der Waals surface area contributed by atoms with Crippen molar-refractivity contribution in [3.05, 3.63) is 64.7 Å². The van der Waals surface area contributed by atoms with Gasteiger partial charge in [-0.1, -0.05) is 24.3 Å². The lowest BCUT2D eigenvalue weighted by atomic mass is 10.1. The summed E-state index contributed by atoms with van der Waals surface area (Å²) in [6, 6.07) is 14.6. The predicted octanol–water partition coefficient (Wildman–Crippen LogP) is 2.99. The maximum atomic E-state index is 12.3. The molecule has 0 fully saturated rings. The highest BCUT2D eigenvalue weighted by molar-refractivity contribution is 7.18. The van der Waals surface area contributed by atoms with E-state index >= 15 is 0 Å². The Balaban J connectivity index is 1.26. The van der Waals surface area contributed by atoms with E-state index in [-0.39, 0.29) is 30.7 Å². The molecule has 0 bridgehead atoms. The van der Waals surface area contributed by atoms with Crippen LogP contribution in [0.15, 0.2) is 48.5 Å². The minimum Gasteiger partial charge on any atom is -0.350 e. The molecular formula is C20H17N3O3S. The Morgan fingerprint density at radius 1 is 1.00 bits per heavy atom. The van der Waals surface area contributed by atoms with Gasteiger partial charge in [-0.05, 0) is 30.7 Å². The molecule has 2 heterocycles. The molecule has 136 valence electrons. The van der Waals surface area contributed by atoms with E-state index in [1.54, 1.807) is 35.6 Å². The van der Waals surface area contributed by atoms with Crippen LogP contribution in [-0.4, -0.2) is 34.2 Å². The molecule has 1 aliphatic rings. The molecule has 0 radical (unpaired) electrons. The summed E-state index contributed by atoms with van der Waals surface area (Å²) in [5, 5.41) is 3.70. The largest absolute Gasteiger partial charge is 0.350 e. The fraction of sp³-hybridized carbons (Fsp3) is 0.200. The summed E-state index contributed by atoms with van der Waals surface area (Å²) in [6.45, 7) is 0.617. The van der Waals surface area contributed by atoms with E-state index in [1.165, 1.54) is 4.90 Å². The van der Waals surface area contributed by atoms with E-state index in [1.807, 2.05) is 24.3 Å². The first kappa shape index (κ1) is 17.4. The number of para-hydroxylation sites is 1. The zero-order valence-electron chi connectivity index (χ0n) is 14.5. The van der Waals surface area contributed by atoms with Crippen molar-refractivity contribution in [2.45, 2.75) is 19.4 Å². The highest BCUT2D eigenvalue weighted by atomic mass is 32.1. The Labute approximate surface area is 159 Å². The molecule has 3 aromatic rings. The van der Waals surface area contributed by atoms with Crippen molar-refractivity contribution in [2.24, 2.45) is 0 Å². The van der Waals surface area contributed by atoms with Gasteiger partial charge in [0, 0.05) is 13.0 Å². The molecule has 0 aliphatic carbocycles. The predicted molar refractivity (Wildman–Crippen MR) is 103 cm³/mol. The average molecular weight is 379 g/mol. The maximum Gasteiger partial charge on any atom is 0.261 e. The number of benzene rings is 2. The van der Waals surface area contributed by atoms with Gasteiger partial charge in [0.25, 0.3) is 11.8 Å². The van der Waals surface area contributed by atoms with Crippen LogP contribution in [0.3, 0.4) is 0 Å². The molecule has 4 rings (SSSR count). The highest BCUT2D eigenvalue weighted by Gasteiger charge is 2.34. The molecule has 3 amide bonds. The van der Waals surface area contributed by atoms with E-state index < -0.39 is 0 Å². The molecule has 0 unspecified atom stereocenters. The van der Waals surface area contributed by atoms with Crippen LogP contribution in [0.4, 0.5) is 0 Å². The van der Waals surface area contributed by atoms with Crippen molar-refractivity contribution in [1.82, 2.24) is 15.2 Å². The minimum atomic E-state index is -0.287. The zero-order valence-corrected chi connectivity index (χ0v) is 15.3.